The molecule has 1 aliphatic heterocycles. The maximum atomic E-state index is 10.6. The molecule has 1 fully saturated rings. The number of nitrogens with zero attached hydrogens (tertiary/aromatic N) is 2. The highest BCUT2D eigenvalue weighted by Gasteiger charge is 2.16. The molecule has 0 bridgehead atoms. The van der Waals surface area contributed by atoms with Crippen molar-refractivity contribution in [3.05, 3.63) is 24.2 Å². The molecule has 1 aliphatic rings. The standard InChI is InChI=1S/C12H18N2O3/c15-12(16)9-14-4-1-3-13(5-6-14)8-11-2-7-17-10-11/h2,7,10H,1,3-6,8-9H2,(H,15,16). The van der Waals surface area contributed by atoms with Crippen LogP contribution in [0.25, 0.3) is 0 Å². The number of carboxylic acid groups (broad SMARTS) is 1. The maximum absolute atomic E-state index is 10.6. The second kappa shape index (κ2) is 5.84. The molecule has 0 aliphatic carbocycles. The van der Waals surface area contributed by atoms with Crippen molar-refractivity contribution in [1.82, 2.24) is 9.80 Å². The van der Waals surface area contributed by atoms with Gasteiger partial charge in [-0.2, -0.15) is 0 Å². The molecule has 1 aromatic rings. The van der Waals surface area contributed by atoms with E-state index < -0.39 is 5.97 Å². The fourth-order valence-electron chi connectivity index (χ4n) is 2.17. The van der Waals surface area contributed by atoms with Gasteiger partial charge in [0.05, 0.1) is 19.1 Å². The summed E-state index contributed by atoms with van der Waals surface area (Å²) in [7, 11) is 0. The number of hydrogen-bond donors (Lipinski definition) is 1. The van der Waals surface area contributed by atoms with Crippen LogP contribution in [-0.2, 0) is 11.3 Å². The van der Waals surface area contributed by atoms with E-state index in [-0.39, 0.29) is 6.54 Å². The molecule has 5 nitrogen and oxygen atoms in total. The first-order valence-corrected chi connectivity index (χ1v) is 5.91. The summed E-state index contributed by atoms with van der Waals surface area (Å²) in [5, 5.41) is 8.76. The highest BCUT2D eigenvalue weighted by molar-refractivity contribution is 5.69. The average Bonchev–Trinajstić information content (AvgIpc) is 2.68. The van der Waals surface area contributed by atoms with E-state index in [1.807, 2.05) is 11.0 Å². The van der Waals surface area contributed by atoms with Crippen LogP contribution < -0.4 is 0 Å². The van der Waals surface area contributed by atoms with Crippen molar-refractivity contribution < 1.29 is 14.3 Å². The summed E-state index contributed by atoms with van der Waals surface area (Å²) in [5.41, 5.74) is 1.18. The second-order valence-electron chi connectivity index (χ2n) is 4.43. The first-order chi connectivity index (χ1) is 8.24. The van der Waals surface area contributed by atoms with Crippen molar-refractivity contribution in [3.63, 3.8) is 0 Å². The van der Waals surface area contributed by atoms with Crippen molar-refractivity contribution in [2.45, 2.75) is 13.0 Å². The molecule has 2 rings (SSSR count). The van der Waals surface area contributed by atoms with Crippen molar-refractivity contribution in [1.29, 1.82) is 0 Å². The first kappa shape index (κ1) is 12.1. The average molecular weight is 238 g/mol. The molecule has 17 heavy (non-hydrogen) atoms. The molecule has 5 heteroatoms. The molecule has 1 aromatic heterocycles. The highest BCUT2D eigenvalue weighted by Crippen LogP contribution is 2.09. The van der Waals surface area contributed by atoms with E-state index in [4.69, 9.17) is 9.52 Å². The van der Waals surface area contributed by atoms with Crippen LogP contribution in [0.4, 0.5) is 0 Å². The predicted octanol–water partition coefficient (Wildman–Crippen LogP) is 0.872. The summed E-state index contributed by atoms with van der Waals surface area (Å²) in [5.74, 6) is -0.742. The van der Waals surface area contributed by atoms with Gasteiger partial charge in [0.15, 0.2) is 0 Å². The van der Waals surface area contributed by atoms with Gasteiger partial charge in [-0.15, -0.1) is 0 Å². The monoisotopic (exact) mass is 238 g/mol. The fourth-order valence-corrected chi connectivity index (χ4v) is 2.17. The lowest BCUT2D eigenvalue weighted by Gasteiger charge is -2.19. The van der Waals surface area contributed by atoms with Gasteiger partial charge in [-0.3, -0.25) is 14.6 Å². The van der Waals surface area contributed by atoms with E-state index in [9.17, 15) is 4.79 Å². The van der Waals surface area contributed by atoms with Crippen molar-refractivity contribution in [3.8, 4) is 0 Å². The molecule has 0 atom stereocenters. The van der Waals surface area contributed by atoms with Gasteiger partial charge in [0.1, 0.15) is 0 Å². The highest BCUT2D eigenvalue weighted by atomic mass is 16.4. The van der Waals surface area contributed by atoms with E-state index in [1.165, 1.54) is 5.56 Å². The number of furan rings is 1. The summed E-state index contributed by atoms with van der Waals surface area (Å²) in [4.78, 5) is 15.0. The van der Waals surface area contributed by atoms with Crippen molar-refractivity contribution in [2.75, 3.05) is 32.7 Å². The summed E-state index contributed by atoms with van der Waals surface area (Å²) in [6.07, 6.45) is 4.47. The molecule has 0 amide bonds. The number of rotatable bonds is 4. The van der Waals surface area contributed by atoms with Gasteiger partial charge < -0.3 is 9.52 Å². The number of carboxylic acids is 1. The Bertz CT molecular complexity index is 351. The Morgan fingerprint density at radius 1 is 1.29 bits per heavy atom. The minimum atomic E-state index is -0.742. The van der Waals surface area contributed by atoms with Crippen LogP contribution in [0.1, 0.15) is 12.0 Å². The minimum Gasteiger partial charge on any atom is -0.480 e. The fraction of sp³-hybridized carbons (Fsp3) is 0.583. The number of hydrogen-bond acceptors (Lipinski definition) is 4. The molecular formula is C12H18N2O3. The number of aliphatic carboxylic acids is 1. The minimum absolute atomic E-state index is 0.152. The number of carbonyl (C=O) groups is 1. The molecule has 0 unspecified atom stereocenters. The summed E-state index contributed by atoms with van der Waals surface area (Å²) < 4.78 is 5.05. The zero-order chi connectivity index (χ0) is 12.1. The molecule has 94 valence electrons. The SMILES string of the molecule is O=C(O)CN1CCCN(Cc2ccoc2)CC1. The molecule has 0 saturated carbocycles. The molecule has 1 N–H and O–H groups in total. The third-order valence-electron chi connectivity index (χ3n) is 3.03. The van der Waals surface area contributed by atoms with Gasteiger partial charge >= 0.3 is 5.97 Å². The topological polar surface area (TPSA) is 56.9 Å². The van der Waals surface area contributed by atoms with Gasteiger partial charge in [0.25, 0.3) is 0 Å². The van der Waals surface area contributed by atoms with Gasteiger partial charge in [-0.25, -0.2) is 0 Å². The van der Waals surface area contributed by atoms with Crippen LogP contribution >= 0.6 is 0 Å². The van der Waals surface area contributed by atoms with E-state index in [2.05, 4.69) is 4.90 Å². The molecule has 2 heterocycles. The second-order valence-corrected chi connectivity index (χ2v) is 4.43. The van der Waals surface area contributed by atoms with Crippen LogP contribution in [0.5, 0.6) is 0 Å². The van der Waals surface area contributed by atoms with Crippen LogP contribution in [0.2, 0.25) is 0 Å². The third-order valence-corrected chi connectivity index (χ3v) is 3.03. The van der Waals surface area contributed by atoms with E-state index in [0.29, 0.717) is 0 Å². The lowest BCUT2D eigenvalue weighted by molar-refractivity contribution is -0.138. The van der Waals surface area contributed by atoms with Gasteiger partial charge in [0, 0.05) is 31.7 Å². The Hall–Kier alpha value is -1.33. The Labute approximate surface area is 101 Å². The van der Waals surface area contributed by atoms with Crippen LogP contribution in [-0.4, -0.2) is 53.6 Å². The molecule has 0 radical (unpaired) electrons. The van der Waals surface area contributed by atoms with E-state index in [1.54, 1.807) is 12.5 Å². The lowest BCUT2D eigenvalue weighted by atomic mass is 10.3. The van der Waals surface area contributed by atoms with E-state index >= 15 is 0 Å². The first-order valence-electron chi connectivity index (χ1n) is 5.91. The molecule has 1 saturated heterocycles. The smallest absolute Gasteiger partial charge is 0.317 e. The molecular weight excluding hydrogens is 220 g/mol. The lowest BCUT2D eigenvalue weighted by Crippen LogP contribution is -2.33. The zero-order valence-electron chi connectivity index (χ0n) is 9.84. The van der Waals surface area contributed by atoms with Crippen molar-refractivity contribution >= 4 is 5.97 Å². The summed E-state index contributed by atoms with van der Waals surface area (Å²) in [6.45, 7) is 4.66. The van der Waals surface area contributed by atoms with Gasteiger partial charge in [-0.1, -0.05) is 0 Å². The quantitative estimate of drug-likeness (QED) is 0.843. The summed E-state index contributed by atoms with van der Waals surface area (Å²) in [6, 6.07) is 1.97. The summed E-state index contributed by atoms with van der Waals surface area (Å²) >= 11 is 0. The Morgan fingerprint density at radius 2 is 2.06 bits per heavy atom. The van der Waals surface area contributed by atoms with Crippen LogP contribution in [0, 0.1) is 0 Å². The maximum Gasteiger partial charge on any atom is 0.317 e. The zero-order valence-corrected chi connectivity index (χ0v) is 9.84. The Kier molecular flexibility index (Phi) is 4.17. The molecule has 0 aromatic carbocycles. The van der Waals surface area contributed by atoms with E-state index in [0.717, 1.165) is 39.1 Å². The Balaban J connectivity index is 1.81. The Morgan fingerprint density at radius 3 is 2.76 bits per heavy atom. The normalized spacial score (nSPS) is 19.1. The van der Waals surface area contributed by atoms with Crippen molar-refractivity contribution in [2.24, 2.45) is 0 Å². The van der Waals surface area contributed by atoms with Crippen LogP contribution in [0.15, 0.2) is 23.0 Å². The molecule has 0 spiro atoms. The third kappa shape index (κ3) is 3.87. The predicted molar refractivity (Wildman–Crippen MR) is 62.7 cm³/mol. The van der Waals surface area contributed by atoms with Crippen LogP contribution in [0.3, 0.4) is 0 Å². The van der Waals surface area contributed by atoms with Gasteiger partial charge in [0.2, 0.25) is 0 Å². The largest absolute Gasteiger partial charge is 0.480 e. The van der Waals surface area contributed by atoms with Gasteiger partial charge in [-0.05, 0) is 19.0 Å².